The summed E-state index contributed by atoms with van der Waals surface area (Å²) in [6.07, 6.45) is -4.77. The van der Waals surface area contributed by atoms with Crippen molar-refractivity contribution in [2.24, 2.45) is 10.1 Å². The highest BCUT2D eigenvalue weighted by Crippen LogP contribution is 2.30. The third-order valence-electron chi connectivity index (χ3n) is 3.04. The van der Waals surface area contributed by atoms with Crippen molar-refractivity contribution in [1.29, 1.82) is 0 Å². The third-order valence-corrected chi connectivity index (χ3v) is 3.30. The van der Waals surface area contributed by atoms with Crippen LogP contribution in [0.3, 0.4) is 0 Å². The molecular weight excluding hydrogens is 404 g/mol. The number of hydrogen-bond donors (Lipinski definition) is 0. The maximum absolute atomic E-state index is 14.0. The van der Waals surface area contributed by atoms with Crippen LogP contribution in [0.4, 0.5) is 26.3 Å². The monoisotopic (exact) mass is 411 g/mol. The van der Waals surface area contributed by atoms with Gasteiger partial charge in [-0.3, -0.25) is 4.99 Å². The van der Waals surface area contributed by atoms with Gasteiger partial charge in [-0.25, -0.2) is 17.8 Å². The molecule has 1 aromatic heterocycles. The average molecular weight is 412 g/mol. The molecule has 1 heterocycles. The van der Waals surface area contributed by atoms with E-state index in [0.717, 1.165) is 12.1 Å². The van der Waals surface area contributed by atoms with Crippen molar-refractivity contribution in [3.8, 4) is 11.1 Å². The zero-order valence-corrected chi connectivity index (χ0v) is 13.3. The molecule has 24 heavy (non-hydrogen) atoms. The Morgan fingerprint density at radius 1 is 1.00 bits per heavy atom. The second kappa shape index (κ2) is 6.80. The van der Waals surface area contributed by atoms with Crippen LogP contribution in [0.25, 0.3) is 11.1 Å². The van der Waals surface area contributed by atoms with E-state index >= 15 is 0 Å². The number of benzene rings is 1. The summed E-state index contributed by atoms with van der Waals surface area (Å²) in [5.74, 6) is -4.71. The maximum atomic E-state index is 14.0. The van der Waals surface area contributed by atoms with E-state index in [1.54, 1.807) is 0 Å². The van der Waals surface area contributed by atoms with Gasteiger partial charge in [-0.1, -0.05) is 15.9 Å². The lowest BCUT2D eigenvalue weighted by Gasteiger charge is -2.15. The van der Waals surface area contributed by atoms with Crippen molar-refractivity contribution >= 4 is 22.6 Å². The van der Waals surface area contributed by atoms with Gasteiger partial charge in [0.1, 0.15) is 5.69 Å². The predicted octanol–water partition coefficient (Wildman–Crippen LogP) is 4.31. The van der Waals surface area contributed by atoms with Crippen LogP contribution in [-0.4, -0.2) is 16.8 Å². The van der Waals surface area contributed by atoms with E-state index < -0.39 is 40.4 Å². The summed E-state index contributed by atoms with van der Waals surface area (Å²) >= 11 is 2.92. The molecule has 0 aliphatic rings. The molecule has 0 saturated carbocycles. The van der Waals surface area contributed by atoms with Gasteiger partial charge in [0.15, 0.2) is 22.9 Å². The van der Waals surface area contributed by atoms with Crippen molar-refractivity contribution in [3.05, 3.63) is 52.9 Å². The fourth-order valence-electron chi connectivity index (χ4n) is 2.05. The second-order valence-corrected chi connectivity index (χ2v) is 4.91. The third kappa shape index (κ3) is 3.23. The van der Waals surface area contributed by atoms with Gasteiger partial charge in [0.25, 0.3) is 0 Å². The summed E-state index contributed by atoms with van der Waals surface area (Å²) in [7, 11) is 0. The molecule has 0 saturated heterocycles. The molecule has 128 valence electrons. The Balaban J connectivity index is 2.90. The molecule has 2 aromatic rings. The van der Waals surface area contributed by atoms with Gasteiger partial charge in [0.2, 0.25) is 0 Å². The smallest absolute Gasteiger partial charge is 0.255 e. The quantitative estimate of drug-likeness (QED) is 0.237. The maximum Gasteiger partial charge on any atom is 0.433 e. The van der Waals surface area contributed by atoms with Gasteiger partial charge in [0.05, 0.1) is 5.45 Å². The molecule has 0 aliphatic heterocycles. The van der Waals surface area contributed by atoms with Crippen LogP contribution in [0.1, 0.15) is 5.69 Å². The molecule has 0 unspecified atom stereocenters. The minimum Gasteiger partial charge on any atom is -0.255 e. The lowest BCUT2D eigenvalue weighted by atomic mass is 10.1. The van der Waals surface area contributed by atoms with Crippen LogP contribution < -0.4 is 5.49 Å². The molecule has 3 nitrogen and oxygen atoms in total. The molecule has 0 atom stereocenters. The molecule has 1 aromatic carbocycles. The molecular formula is C14H8BrF6N3. The van der Waals surface area contributed by atoms with Gasteiger partial charge in [-0.05, 0) is 24.3 Å². The van der Waals surface area contributed by atoms with Gasteiger partial charge >= 0.3 is 6.18 Å². The Kier molecular flexibility index (Phi) is 5.16. The number of aromatic nitrogens is 1. The summed E-state index contributed by atoms with van der Waals surface area (Å²) in [5, 5.41) is 3.25. The first-order valence-corrected chi connectivity index (χ1v) is 7.35. The van der Waals surface area contributed by atoms with E-state index in [0.29, 0.717) is 16.8 Å². The number of pyridine rings is 1. The highest BCUT2D eigenvalue weighted by Gasteiger charge is 2.35. The second-order valence-electron chi connectivity index (χ2n) is 4.41. The Labute approximate surface area is 140 Å². The number of nitrogens with zero attached hydrogens (tertiary/aromatic N) is 3. The first-order chi connectivity index (χ1) is 11.2. The number of alkyl halides is 4. The van der Waals surface area contributed by atoms with E-state index in [1.165, 1.54) is 0 Å². The topological polar surface area (TPSA) is 29.6 Å². The molecule has 0 aliphatic carbocycles. The summed E-state index contributed by atoms with van der Waals surface area (Å²) in [5.41, 5.74) is -2.42. The Bertz CT molecular complexity index is 857. The van der Waals surface area contributed by atoms with Gasteiger partial charge in [-0.2, -0.15) is 18.3 Å². The van der Waals surface area contributed by atoms with E-state index in [-0.39, 0.29) is 11.0 Å². The van der Waals surface area contributed by atoms with Crippen LogP contribution in [0.2, 0.25) is 0 Å². The van der Waals surface area contributed by atoms with E-state index in [1.807, 2.05) is 0 Å². The van der Waals surface area contributed by atoms with Gasteiger partial charge < -0.3 is 0 Å². The lowest BCUT2D eigenvalue weighted by molar-refractivity contribution is -0.143. The van der Waals surface area contributed by atoms with E-state index in [4.69, 9.17) is 0 Å². The van der Waals surface area contributed by atoms with Crippen molar-refractivity contribution in [2.75, 3.05) is 5.45 Å². The Morgan fingerprint density at radius 2 is 1.62 bits per heavy atom. The average Bonchev–Trinajstić information content (AvgIpc) is 2.52. The van der Waals surface area contributed by atoms with Crippen molar-refractivity contribution in [2.45, 2.75) is 6.18 Å². The molecule has 0 N–H and O–H groups in total. The van der Waals surface area contributed by atoms with Crippen molar-refractivity contribution < 1.29 is 26.3 Å². The summed E-state index contributed by atoms with van der Waals surface area (Å²) in [6, 6.07) is 3.09. The number of rotatable bonds is 3. The van der Waals surface area contributed by atoms with Crippen LogP contribution in [0.5, 0.6) is 0 Å². The molecule has 0 radical (unpaired) electrons. The highest BCUT2D eigenvalue weighted by molar-refractivity contribution is 9.09. The van der Waals surface area contributed by atoms with Crippen molar-refractivity contribution in [3.63, 3.8) is 0 Å². The Morgan fingerprint density at radius 3 is 2.17 bits per heavy atom. The SMILES string of the molecule is C=Nn1c(C(F)(F)F)ccc(-c2ccc(F)c(F)c2F)/c1=N/CBr. The lowest BCUT2D eigenvalue weighted by Crippen LogP contribution is -2.27. The molecule has 0 bridgehead atoms. The van der Waals surface area contributed by atoms with Crippen LogP contribution in [0, 0.1) is 17.5 Å². The number of halogens is 7. The normalized spacial score (nSPS) is 12.5. The first-order valence-electron chi connectivity index (χ1n) is 6.23. The summed E-state index contributed by atoms with van der Waals surface area (Å²) in [6.45, 7) is 3.05. The molecule has 0 spiro atoms. The standard InChI is InChI=1S/C14H8BrF6N3/c1-22-24-10(14(19,20)21)5-3-8(13(24)23-6-15)7-2-4-9(16)12(18)11(7)17/h2-5H,1,6H2/b23-13-. The molecule has 2 rings (SSSR count). The molecule has 0 fully saturated rings. The fraction of sp³-hybridized carbons (Fsp3) is 0.143. The van der Waals surface area contributed by atoms with Gasteiger partial charge in [-0.15, -0.1) is 0 Å². The van der Waals surface area contributed by atoms with E-state index in [2.05, 4.69) is 32.7 Å². The fourth-order valence-corrected chi connectivity index (χ4v) is 2.28. The minimum absolute atomic E-state index is 0.137. The predicted molar refractivity (Wildman–Crippen MR) is 79.0 cm³/mol. The van der Waals surface area contributed by atoms with Crippen LogP contribution in [0.15, 0.2) is 34.4 Å². The summed E-state index contributed by atoms with van der Waals surface area (Å²) in [4.78, 5) is 3.78. The zero-order chi connectivity index (χ0) is 18.1. The van der Waals surface area contributed by atoms with Gasteiger partial charge in [0, 0.05) is 17.8 Å². The largest absolute Gasteiger partial charge is 0.433 e. The van der Waals surface area contributed by atoms with Crippen LogP contribution in [-0.2, 0) is 6.18 Å². The molecule has 10 heteroatoms. The zero-order valence-electron chi connectivity index (χ0n) is 11.7. The molecule has 0 amide bonds. The van der Waals surface area contributed by atoms with E-state index in [9.17, 15) is 26.3 Å². The summed E-state index contributed by atoms with van der Waals surface area (Å²) < 4.78 is 80.0. The number of hydrogen-bond acceptors (Lipinski definition) is 2. The van der Waals surface area contributed by atoms with Crippen LogP contribution >= 0.6 is 15.9 Å². The highest BCUT2D eigenvalue weighted by atomic mass is 79.9. The first kappa shape index (κ1) is 18.2. The Hall–Kier alpha value is -2.10. The van der Waals surface area contributed by atoms with Crippen molar-refractivity contribution in [1.82, 2.24) is 4.68 Å². The minimum atomic E-state index is -4.77.